The highest BCUT2D eigenvalue weighted by Crippen LogP contribution is 2.35. The number of halogens is 2. The Labute approximate surface area is 110 Å². The molecule has 88 valence electrons. The van der Waals surface area contributed by atoms with Crippen LogP contribution in [-0.4, -0.2) is 23.2 Å². The number of aromatic carboxylic acids is 1. The van der Waals surface area contributed by atoms with E-state index in [1.807, 2.05) is 0 Å². The number of carboxylic acid groups (broad SMARTS) is 1. The number of aromatic nitrogens is 1. The summed E-state index contributed by atoms with van der Waals surface area (Å²) in [6, 6.07) is 4.75. The lowest BCUT2D eigenvalue weighted by atomic mass is 10.2. The molecule has 0 saturated heterocycles. The maximum atomic E-state index is 10.9. The number of nitrogens with zero attached hydrogens (tertiary/aromatic N) is 1. The van der Waals surface area contributed by atoms with E-state index >= 15 is 0 Å². The minimum atomic E-state index is -1.11. The zero-order chi connectivity index (χ0) is 12.6. The Bertz CT molecular complexity index is 615. The molecule has 1 aromatic carbocycles. The third-order valence-electron chi connectivity index (χ3n) is 2.26. The fraction of sp³-hybridized carbons (Fsp3) is 0.0909. The van der Waals surface area contributed by atoms with E-state index in [1.165, 1.54) is 13.2 Å². The summed E-state index contributed by atoms with van der Waals surface area (Å²) >= 11 is 9.36. The quantitative estimate of drug-likeness (QED) is 0.923. The molecule has 2 aromatic rings. The number of benzene rings is 1. The minimum absolute atomic E-state index is 0.0858. The van der Waals surface area contributed by atoms with Crippen LogP contribution in [0.1, 0.15) is 10.5 Å². The molecule has 0 aliphatic carbocycles. The van der Waals surface area contributed by atoms with Gasteiger partial charge >= 0.3 is 5.97 Å². The number of carboxylic acids is 1. The van der Waals surface area contributed by atoms with Crippen molar-refractivity contribution in [3.05, 3.63) is 33.4 Å². The van der Waals surface area contributed by atoms with Crippen molar-refractivity contribution in [3.63, 3.8) is 0 Å². The Balaban J connectivity index is 2.91. The lowest BCUT2D eigenvalue weighted by Crippen LogP contribution is -2.02. The molecule has 0 atom stereocenters. The van der Waals surface area contributed by atoms with Gasteiger partial charge in [0.2, 0.25) is 0 Å². The molecule has 0 fully saturated rings. The molecule has 0 bridgehead atoms. The normalized spacial score (nSPS) is 10.5. The highest BCUT2D eigenvalue weighted by Gasteiger charge is 2.15. The van der Waals surface area contributed by atoms with Crippen molar-refractivity contribution < 1.29 is 14.6 Å². The molecule has 0 aliphatic heterocycles. The second-order valence-corrected chi connectivity index (χ2v) is 4.53. The first-order chi connectivity index (χ1) is 8.04. The number of methoxy groups -OCH3 is 1. The summed E-state index contributed by atoms with van der Waals surface area (Å²) in [6.07, 6.45) is 0. The Morgan fingerprint density at radius 1 is 1.53 bits per heavy atom. The third kappa shape index (κ3) is 2.08. The number of fused-ring (bicyclic) bond motifs is 1. The highest BCUT2D eigenvalue weighted by atomic mass is 79.9. The molecule has 17 heavy (non-hydrogen) atoms. The van der Waals surface area contributed by atoms with Crippen molar-refractivity contribution in [2.45, 2.75) is 0 Å². The second-order valence-electron chi connectivity index (χ2n) is 3.27. The van der Waals surface area contributed by atoms with Crippen LogP contribution in [0.25, 0.3) is 10.9 Å². The van der Waals surface area contributed by atoms with Gasteiger partial charge in [0.05, 0.1) is 23.0 Å². The summed E-state index contributed by atoms with van der Waals surface area (Å²) in [5.41, 5.74) is 0.381. The van der Waals surface area contributed by atoms with Gasteiger partial charge in [-0.15, -0.1) is 0 Å². The Hall–Kier alpha value is -1.33. The molecule has 1 aromatic heterocycles. The van der Waals surface area contributed by atoms with Gasteiger partial charge in [-0.3, -0.25) is 0 Å². The molecule has 4 nitrogen and oxygen atoms in total. The standard InChI is InChI=1S/C11H7BrClNO3/c1-17-8-4-7(11(15)16)14-10-5(12)2-3-6(13)9(8)10/h2-4H,1H3,(H,15,16). The van der Waals surface area contributed by atoms with Crippen LogP contribution >= 0.6 is 27.5 Å². The Morgan fingerprint density at radius 3 is 2.82 bits per heavy atom. The van der Waals surface area contributed by atoms with Crippen LogP contribution in [0.15, 0.2) is 22.7 Å². The minimum Gasteiger partial charge on any atom is -0.496 e. The van der Waals surface area contributed by atoms with Gasteiger partial charge in [-0.05, 0) is 28.1 Å². The predicted octanol–water partition coefficient (Wildman–Crippen LogP) is 3.36. The number of rotatable bonds is 2. The summed E-state index contributed by atoms with van der Waals surface area (Å²) < 4.78 is 5.81. The summed E-state index contributed by atoms with van der Waals surface area (Å²) in [6.45, 7) is 0. The molecule has 0 unspecified atom stereocenters. The van der Waals surface area contributed by atoms with Crippen LogP contribution in [-0.2, 0) is 0 Å². The van der Waals surface area contributed by atoms with Crippen molar-refractivity contribution >= 4 is 44.4 Å². The first-order valence-electron chi connectivity index (χ1n) is 4.60. The molecular formula is C11H7BrClNO3. The Kier molecular flexibility index (Phi) is 3.22. The van der Waals surface area contributed by atoms with Gasteiger partial charge in [-0.2, -0.15) is 0 Å². The Morgan fingerprint density at radius 2 is 2.24 bits per heavy atom. The van der Waals surface area contributed by atoms with Crippen LogP contribution in [0.3, 0.4) is 0 Å². The highest BCUT2D eigenvalue weighted by molar-refractivity contribution is 9.10. The van der Waals surface area contributed by atoms with Crippen LogP contribution in [0.2, 0.25) is 5.02 Å². The van der Waals surface area contributed by atoms with Gasteiger partial charge in [0.1, 0.15) is 5.75 Å². The monoisotopic (exact) mass is 315 g/mol. The molecule has 0 spiro atoms. The van der Waals surface area contributed by atoms with Crippen molar-refractivity contribution in [1.29, 1.82) is 0 Å². The number of pyridine rings is 1. The summed E-state index contributed by atoms with van der Waals surface area (Å²) in [5.74, 6) is -0.726. The molecule has 0 amide bonds. The van der Waals surface area contributed by atoms with Crippen molar-refractivity contribution in [2.24, 2.45) is 0 Å². The fourth-order valence-corrected chi connectivity index (χ4v) is 2.17. The van der Waals surface area contributed by atoms with Crippen LogP contribution in [0.4, 0.5) is 0 Å². The maximum Gasteiger partial charge on any atom is 0.354 e. The molecule has 0 aliphatic rings. The van der Waals surface area contributed by atoms with E-state index in [0.717, 1.165) is 0 Å². The van der Waals surface area contributed by atoms with E-state index in [0.29, 0.717) is 26.1 Å². The van der Waals surface area contributed by atoms with E-state index in [9.17, 15) is 4.79 Å². The molecule has 1 heterocycles. The van der Waals surface area contributed by atoms with E-state index < -0.39 is 5.97 Å². The first kappa shape index (κ1) is 12.1. The van der Waals surface area contributed by atoms with E-state index in [1.54, 1.807) is 12.1 Å². The molecular weight excluding hydrogens is 309 g/mol. The van der Waals surface area contributed by atoms with Gasteiger partial charge in [0, 0.05) is 10.5 Å². The van der Waals surface area contributed by atoms with E-state index in [4.69, 9.17) is 21.4 Å². The maximum absolute atomic E-state index is 10.9. The second kappa shape index (κ2) is 4.50. The zero-order valence-electron chi connectivity index (χ0n) is 8.70. The summed E-state index contributed by atoms with van der Waals surface area (Å²) in [5, 5.41) is 10.0. The molecule has 0 radical (unpaired) electrons. The lowest BCUT2D eigenvalue weighted by molar-refractivity contribution is 0.0690. The molecule has 2 rings (SSSR count). The smallest absolute Gasteiger partial charge is 0.354 e. The summed E-state index contributed by atoms with van der Waals surface area (Å²) in [7, 11) is 1.46. The number of carbonyl (C=O) groups is 1. The largest absolute Gasteiger partial charge is 0.496 e. The zero-order valence-corrected chi connectivity index (χ0v) is 11.0. The van der Waals surface area contributed by atoms with Gasteiger partial charge in [0.15, 0.2) is 5.69 Å². The average molecular weight is 317 g/mol. The molecule has 0 saturated carbocycles. The van der Waals surface area contributed by atoms with Gasteiger partial charge < -0.3 is 9.84 Å². The number of hydrogen-bond acceptors (Lipinski definition) is 3. The topological polar surface area (TPSA) is 59.4 Å². The van der Waals surface area contributed by atoms with Crippen molar-refractivity contribution in [3.8, 4) is 5.75 Å². The van der Waals surface area contributed by atoms with Gasteiger partial charge in [-0.25, -0.2) is 9.78 Å². The molecule has 6 heteroatoms. The van der Waals surface area contributed by atoms with Crippen molar-refractivity contribution in [1.82, 2.24) is 4.98 Å². The predicted molar refractivity (Wildman–Crippen MR) is 68.0 cm³/mol. The molecule has 1 N–H and O–H groups in total. The van der Waals surface area contributed by atoms with Crippen LogP contribution < -0.4 is 4.74 Å². The van der Waals surface area contributed by atoms with Gasteiger partial charge in [-0.1, -0.05) is 11.6 Å². The third-order valence-corrected chi connectivity index (χ3v) is 3.22. The van der Waals surface area contributed by atoms with Crippen molar-refractivity contribution in [2.75, 3.05) is 7.11 Å². The average Bonchev–Trinajstić information content (AvgIpc) is 2.32. The van der Waals surface area contributed by atoms with Crippen LogP contribution in [0.5, 0.6) is 5.75 Å². The lowest BCUT2D eigenvalue weighted by Gasteiger charge is -2.09. The number of ether oxygens (including phenoxy) is 1. The van der Waals surface area contributed by atoms with E-state index in [2.05, 4.69) is 20.9 Å². The SMILES string of the molecule is COc1cc(C(=O)O)nc2c(Br)ccc(Cl)c12. The summed E-state index contributed by atoms with van der Waals surface area (Å²) in [4.78, 5) is 15.0. The fourth-order valence-electron chi connectivity index (χ4n) is 1.50. The number of hydrogen-bond donors (Lipinski definition) is 1. The van der Waals surface area contributed by atoms with Gasteiger partial charge in [0.25, 0.3) is 0 Å². The van der Waals surface area contributed by atoms with Crippen LogP contribution in [0, 0.1) is 0 Å². The first-order valence-corrected chi connectivity index (χ1v) is 5.77. The van der Waals surface area contributed by atoms with E-state index in [-0.39, 0.29) is 5.69 Å².